The Morgan fingerprint density at radius 2 is 1.89 bits per heavy atom. The molecule has 0 saturated carbocycles. The van der Waals surface area contributed by atoms with Crippen LogP contribution in [0.25, 0.3) is 11.0 Å². The second-order valence-corrected chi connectivity index (χ2v) is 8.65. The van der Waals surface area contributed by atoms with Crippen molar-refractivity contribution in [3.05, 3.63) is 35.1 Å². The van der Waals surface area contributed by atoms with Gasteiger partial charge in [0.2, 0.25) is 11.7 Å². The molecule has 1 aromatic carbocycles. The van der Waals surface area contributed by atoms with Crippen LogP contribution in [0, 0.1) is 11.3 Å². The lowest BCUT2D eigenvalue weighted by molar-refractivity contribution is -0.129. The van der Waals surface area contributed by atoms with E-state index in [1.807, 2.05) is 20.8 Å². The van der Waals surface area contributed by atoms with Crippen LogP contribution in [-0.4, -0.2) is 35.3 Å². The van der Waals surface area contributed by atoms with Crippen LogP contribution >= 0.6 is 0 Å². The Bertz CT molecular complexity index is 827. The van der Waals surface area contributed by atoms with Gasteiger partial charge in [-0.15, -0.1) is 0 Å². The van der Waals surface area contributed by atoms with Gasteiger partial charge >= 0.3 is 0 Å². The van der Waals surface area contributed by atoms with Crippen molar-refractivity contribution < 1.29 is 19.1 Å². The second kappa shape index (κ2) is 8.26. The SMILES string of the molecule is CC(C)CCN(C)C(=O)Cc1c(C(=O)C(C)(C)C)oc2ccc(CO)cc12. The molecule has 0 radical (unpaired) electrons. The summed E-state index contributed by atoms with van der Waals surface area (Å²) in [6.45, 7) is 10.3. The van der Waals surface area contributed by atoms with Gasteiger partial charge in [-0.3, -0.25) is 9.59 Å². The van der Waals surface area contributed by atoms with Crippen molar-refractivity contribution in [1.82, 2.24) is 4.90 Å². The highest BCUT2D eigenvalue weighted by Crippen LogP contribution is 2.32. The molecule has 0 saturated heterocycles. The average molecular weight is 373 g/mol. The molecule has 1 heterocycles. The van der Waals surface area contributed by atoms with Gasteiger partial charge in [-0.05, 0) is 30.0 Å². The normalized spacial score (nSPS) is 12.0. The Balaban J connectivity index is 2.45. The molecule has 0 spiro atoms. The van der Waals surface area contributed by atoms with E-state index in [1.54, 1.807) is 30.1 Å². The number of aliphatic hydroxyl groups excluding tert-OH is 1. The van der Waals surface area contributed by atoms with Crippen LogP contribution in [0.1, 0.15) is 62.7 Å². The first-order valence-corrected chi connectivity index (χ1v) is 9.48. The van der Waals surface area contributed by atoms with E-state index in [4.69, 9.17) is 4.42 Å². The molecule has 0 aliphatic rings. The summed E-state index contributed by atoms with van der Waals surface area (Å²) in [5.74, 6) is 0.589. The minimum Gasteiger partial charge on any atom is -0.453 e. The van der Waals surface area contributed by atoms with E-state index in [1.165, 1.54) is 0 Å². The third-order valence-electron chi connectivity index (χ3n) is 4.72. The molecule has 0 unspecified atom stereocenters. The number of furan rings is 1. The summed E-state index contributed by atoms with van der Waals surface area (Å²) < 4.78 is 5.86. The van der Waals surface area contributed by atoms with E-state index < -0.39 is 5.41 Å². The Hall–Kier alpha value is -2.14. The van der Waals surface area contributed by atoms with Gasteiger partial charge in [-0.2, -0.15) is 0 Å². The van der Waals surface area contributed by atoms with Crippen molar-refractivity contribution in [2.24, 2.45) is 11.3 Å². The highest BCUT2D eigenvalue weighted by atomic mass is 16.3. The number of carbonyl (C=O) groups is 2. The lowest BCUT2D eigenvalue weighted by Gasteiger charge is -2.19. The number of Topliss-reactive ketones (excluding diaryl/α,β-unsaturated/α-hetero) is 1. The fourth-order valence-corrected chi connectivity index (χ4v) is 2.86. The molecule has 1 amide bonds. The number of hydrogen-bond acceptors (Lipinski definition) is 4. The predicted molar refractivity (Wildman–Crippen MR) is 107 cm³/mol. The van der Waals surface area contributed by atoms with Crippen LogP contribution in [0.5, 0.6) is 0 Å². The summed E-state index contributed by atoms with van der Waals surface area (Å²) >= 11 is 0. The van der Waals surface area contributed by atoms with Crippen molar-refractivity contribution in [3.63, 3.8) is 0 Å². The molecule has 0 fully saturated rings. The summed E-state index contributed by atoms with van der Waals surface area (Å²) in [5, 5.41) is 10.2. The summed E-state index contributed by atoms with van der Waals surface area (Å²) in [5.41, 5.74) is 1.28. The van der Waals surface area contributed by atoms with Crippen LogP contribution < -0.4 is 0 Å². The molecule has 1 aromatic heterocycles. The maximum absolute atomic E-state index is 12.9. The van der Waals surface area contributed by atoms with Gasteiger partial charge in [-0.25, -0.2) is 0 Å². The van der Waals surface area contributed by atoms with Gasteiger partial charge in [0.05, 0.1) is 13.0 Å². The first kappa shape index (κ1) is 21.2. The maximum atomic E-state index is 12.9. The number of aliphatic hydroxyl groups is 1. The van der Waals surface area contributed by atoms with Crippen LogP contribution in [0.15, 0.2) is 22.6 Å². The Labute approximate surface area is 161 Å². The molecule has 148 valence electrons. The lowest BCUT2D eigenvalue weighted by atomic mass is 9.87. The lowest BCUT2D eigenvalue weighted by Crippen LogP contribution is -2.30. The molecule has 27 heavy (non-hydrogen) atoms. The number of nitrogens with zero attached hydrogens (tertiary/aromatic N) is 1. The number of carbonyl (C=O) groups excluding carboxylic acids is 2. The third-order valence-corrected chi connectivity index (χ3v) is 4.72. The molecule has 0 bridgehead atoms. The topological polar surface area (TPSA) is 70.8 Å². The molecular weight excluding hydrogens is 342 g/mol. The van der Waals surface area contributed by atoms with E-state index in [-0.39, 0.29) is 30.5 Å². The van der Waals surface area contributed by atoms with Crippen LogP contribution in [0.2, 0.25) is 0 Å². The molecule has 5 nitrogen and oxygen atoms in total. The minimum absolute atomic E-state index is 0.0456. The van der Waals surface area contributed by atoms with Crippen LogP contribution in [-0.2, 0) is 17.8 Å². The summed E-state index contributed by atoms with van der Waals surface area (Å²) in [4.78, 5) is 27.4. The zero-order chi connectivity index (χ0) is 20.4. The van der Waals surface area contributed by atoms with Gasteiger partial charge in [0.1, 0.15) is 5.58 Å². The van der Waals surface area contributed by atoms with Crippen molar-refractivity contribution in [2.45, 2.75) is 54.1 Å². The molecule has 2 rings (SSSR count). The smallest absolute Gasteiger partial charge is 0.226 e. The molecule has 1 N–H and O–H groups in total. The third kappa shape index (κ3) is 4.98. The highest BCUT2D eigenvalue weighted by Gasteiger charge is 2.31. The van der Waals surface area contributed by atoms with Crippen LogP contribution in [0.4, 0.5) is 0 Å². The average Bonchev–Trinajstić information content (AvgIpc) is 2.95. The fourth-order valence-electron chi connectivity index (χ4n) is 2.86. The summed E-state index contributed by atoms with van der Waals surface area (Å²) in [6, 6.07) is 5.31. The van der Waals surface area contributed by atoms with Gasteiger partial charge in [0, 0.05) is 30.0 Å². The quantitative estimate of drug-likeness (QED) is 0.739. The highest BCUT2D eigenvalue weighted by molar-refractivity contribution is 6.04. The van der Waals surface area contributed by atoms with Gasteiger partial charge in [0.25, 0.3) is 0 Å². The Morgan fingerprint density at radius 3 is 2.44 bits per heavy atom. The van der Waals surface area contributed by atoms with Crippen LogP contribution in [0.3, 0.4) is 0 Å². The maximum Gasteiger partial charge on any atom is 0.226 e. The number of benzene rings is 1. The summed E-state index contributed by atoms with van der Waals surface area (Å²) in [6.07, 6.45) is 1.03. The van der Waals surface area contributed by atoms with E-state index in [0.717, 1.165) is 17.4 Å². The standard InChI is InChI=1S/C22H31NO4/c1-14(2)9-10-23(6)19(25)12-17-16-11-15(13-24)7-8-18(16)27-20(17)21(26)22(3,4)5/h7-8,11,14,24H,9-10,12-13H2,1-6H3. The van der Waals surface area contributed by atoms with Crippen molar-refractivity contribution in [2.75, 3.05) is 13.6 Å². The monoisotopic (exact) mass is 373 g/mol. The second-order valence-electron chi connectivity index (χ2n) is 8.65. The minimum atomic E-state index is -0.616. The number of fused-ring (bicyclic) bond motifs is 1. The molecule has 5 heteroatoms. The number of likely N-dealkylation sites (N-methyl/N-ethyl adjacent to an activating group) is 1. The van der Waals surface area contributed by atoms with E-state index in [0.29, 0.717) is 23.6 Å². The largest absolute Gasteiger partial charge is 0.453 e. The van der Waals surface area contributed by atoms with E-state index in [2.05, 4.69) is 13.8 Å². The molecule has 2 aromatic rings. The molecule has 0 aliphatic heterocycles. The molecule has 0 atom stereocenters. The molecular formula is C22H31NO4. The van der Waals surface area contributed by atoms with E-state index >= 15 is 0 Å². The van der Waals surface area contributed by atoms with Gasteiger partial charge in [0.15, 0.2) is 5.76 Å². The van der Waals surface area contributed by atoms with Gasteiger partial charge < -0.3 is 14.4 Å². The number of rotatable bonds is 7. The van der Waals surface area contributed by atoms with Crippen molar-refractivity contribution >= 4 is 22.7 Å². The van der Waals surface area contributed by atoms with Gasteiger partial charge in [-0.1, -0.05) is 40.7 Å². The zero-order valence-corrected chi connectivity index (χ0v) is 17.3. The molecule has 0 aliphatic carbocycles. The number of ketones is 1. The van der Waals surface area contributed by atoms with Crippen molar-refractivity contribution in [1.29, 1.82) is 0 Å². The van der Waals surface area contributed by atoms with E-state index in [9.17, 15) is 14.7 Å². The number of hydrogen-bond donors (Lipinski definition) is 1. The van der Waals surface area contributed by atoms with Crippen molar-refractivity contribution in [3.8, 4) is 0 Å². The fraction of sp³-hybridized carbons (Fsp3) is 0.545. The summed E-state index contributed by atoms with van der Waals surface area (Å²) in [7, 11) is 1.79. The predicted octanol–water partition coefficient (Wildman–Crippen LogP) is 4.20. The first-order chi connectivity index (χ1) is 12.5. The Kier molecular flexibility index (Phi) is 6.47. The first-order valence-electron chi connectivity index (χ1n) is 9.48. The number of amides is 1. The Morgan fingerprint density at radius 1 is 1.22 bits per heavy atom. The zero-order valence-electron chi connectivity index (χ0n) is 17.3.